The van der Waals surface area contributed by atoms with Crippen molar-refractivity contribution >= 4 is 47.3 Å². The fourth-order valence-corrected chi connectivity index (χ4v) is 7.71. The number of benzene rings is 1. The van der Waals surface area contributed by atoms with Gasteiger partial charge in [-0.3, -0.25) is 38.4 Å². The first-order valence-electron chi connectivity index (χ1n) is 24.0. The lowest BCUT2D eigenvalue weighted by Gasteiger charge is -2.28. The lowest BCUT2D eigenvalue weighted by molar-refractivity contribution is -0.136. The first kappa shape index (κ1) is 57.9. The molecule has 0 aromatic heterocycles. The van der Waals surface area contributed by atoms with E-state index in [0.29, 0.717) is 51.7 Å². The summed E-state index contributed by atoms with van der Waals surface area (Å²) in [6, 6.07) is 0.484. The molecular formula is C47H81N11O9. The molecule has 1 aliphatic heterocycles. The van der Waals surface area contributed by atoms with Crippen LogP contribution < -0.4 is 59.7 Å². The van der Waals surface area contributed by atoms with E-state index in [1.807, 2.05) is 71.9 Å². The van der Waals surface area contributed by atoms with E-state index in [1.165, 1.54) is 0 Å². The van der Waals surface area contributed by atoms with E-state index in [0.717, 1.165) is 12.0 Å². The van der Waals surface area contributed by atoms with Crippen LogP contribution in [0.25, 0.3) is 0 Å². The Morgan fingerprint density at radius 3 is 1.39 bits per heavy atom. The molecule has 0 unspecified atom stereocenters. The van der Waals surface area contributed by atoms with E-state index in [-0.39, 0.29) is 62.2 Å². The van der Waals surface area contributed by atoms with E-state index in [9.17, 15) is 43.5 Å². The third-order valence-corrected chi connectivity index (χ3v) is 11.3. The molecule has 20 heteroatoms. The Kier molecular flexibility index (Phi) is 26.8. The van der Waals surface area contributed by atoms with E-state index in [1.54, 1.807) is 0 Å². The zero-order valence-electron chi connectivity index (χ0n) is 40.5. The standard InChI is InChI=1S/C47H81N11O9/c1-28(2)23-35(40(50)60)54-42(62)33(17-10-12-20-48)52-44(64)36(24-29(3)4)56-47(67)39(27-59)58-45(65)37(25-30(5)6)55-43(63)34(18-11-13-21-49)53-46(66)38(26-31-15-8-7-9-16-31)57-41(61)32-19-14-22-51-32/h7-9,15-16,28-30,32-39,51,59H,10-14,17-27,48-49H2,1-6H3,(H2,50,60)(H,52,64)(H,53,66)(H,54,62)(H,55,63)(H,56,67)(H,57,61)(H,58,65)/t32-,33-,34-,35-,36-,37-,38-,39-/m0/s1. The number of unbranched alkanes of at least 4 members (excludes halogenated alkanes) is 2. The number of amides is 8. The van der Waals surface area contributed by atoms with E-state index < -0.39 is 96.3 Å². The number of carbonyl (C=O) groups excluding carboxylic acids is 8. The molecule has 0 aliphatic carbocycles. The molecule has 1 fully saturated rings. The van der Waals surface area contributed by atoms with Crippen molar-refractivity contribution in [3.05, 3.63) is 35.9 Å². The zero-order chi connectivity index (χ0) is 50.1. The maximum atomic E-state index is 14.1. The minimum Gasteiger partial charge on any atom is -0.394 e. The molecule has 67 heavy (non-hydrogen) atoms. The Bertz CT molecular complexity index is 1730. The lowest BCUT2D eigenvalue weighted by atomic mass is 10.00. The third-order valence-electron chi connectivity index (χ3n) is 11.3. The summed E-state index contributed by atoms with van der Waals surface area (Å²) in [6.45, 7) is 11.6. The van der Waals surface area contributed by atoms with Crippen LogP contribution in [0.4, 0.5) is 0 Å². The summed E-state index contributed by atoms with van der Waals surface area (Å²) in [5.74, 6) is -5.58. The largest absolute Gasteiger partial charge is 0.394 e. The van der Waals surface area contributed by atoms with Gasteiger partial charge < -0.3 is 64.8 Å². The van der Waals surface area contributed by atoms with Crippen LogP contribution in [0.3, 0.4) is 0 Å². The molecule has 15 N–H and O–H groups in total. The first-order chi connectivity index (χ1) is 31.8. The van der Waals surface area contributed by atoms with Crippen LogP contribution in [0.15, 0.2) is 30.3 Å². The van der Waals surface area contributed by atoms with Crippen LogP contribution in [0.1, 0.15) is 118 Å². The highest BCUT2D eigenvalue weighted by Crippen LogP contribution is 2.13. The molecule has 1 saturated heterocycles. The number of carbonyl (C=O) groups is 8. The number of aliphatic hydroxyl groups is 1. The maximum Gasteiger partial charge on any atom is 0.245 e. The molecule has 8 amide bonds. The first-order valence-corrected chi connectivity index (χ1v) is 24.0. The van der Waals surface area contributed by atoms with Crippen molar-refractivity contribution in [2.75, 3.05) is 26.2 Å². The van der Waals surface area contributed by atoms with Crippen LogP contribution in [0, 0.1) is 17.8 Å². The minimum atomic E-state index is -1.56. The predicted octanol–water partition coefficient (Wildman–Crippen LogP) is -0.751. The SMILES string of the molecule is CC(C)C[C@H](NC(=O)[C@H](CCCCN)NC(=O)[C@H](CC(C)C)NC(=O)[C@H](CO)NC(=O)[C@H](CC(C)C)NC(=O)[C@H](CCCCN)NC(=O)[C@H](Cc1ccccc1)NC(=O)[C@@H]1CCCN1)C(N)=O. The molecule has 0 spiro atoms. The van der Waals surface area contributed by atoms with Crippen molar-refractivity contribution < 1.29 is 43.5 Å². The van der Waals surface area contributed by atoms with Crippen molar-refractivity contribution in [2.24, 2.45) is 35.0 Å². The molecular weight excluding hydrogens is 863 g/mol. The second-order valence-electron chi connectivity index (χ2n) is 18.8. The minimum absolute atomic E-state index is 0.0330. The van der Waals surface area contributed by atoms with Crippen LogP contribution in [-0.4, -0.2) is 127 Å². The fraction of sp³-hybridized carbons (Fsp3) is 0.702. The molecule has 0 bridgehead atoms. The topological polar surface area (TPSA) is 331 Å². The number of primary amides is 1. The van der Waals surface area contributed by atoms with Crippen molar-refractivity contribution in [3.8, 4) is 0 Å². The second-order valence-corrected chi connectivity index (χ2v) is 18.8. The number of nitrogens with two attached hydrogens (primary N) is 3. The summed E-state index contributed by atoms with van der Waals surface area (Å²) in [6.07, 6.45) is 4.51. The van der Waals surface area contributed by atoms with Gasteiger partial charge in [0.15, 0.2) is 0 Å². The number of rotatable bonds is 32. The Labute approximate surface area is 396 Å². The Hall–Kier alpha value is -5.18. The molecule has 378 valence electrons. The molecule has 0 saturated carbocycles. The monoisotopic (exact) mass is 944 g/mol. The predicted molar refractivity (Wildman–Crippen MR) is 255 cm³/mol. The van der Waals surface area contributed by atoms with Gasteiger partial charge in [0.1, 0.15) is 42.3 Å². The van der Waals surface area contributed by atoms with Crippen LogP contribution in [-0.2, 0) is 44.8 Å². The van der Waals surface area contributed by atoms with Gasteiger partial charge in [0.2, 0.25) is 47.3 Å². The molecule has 0 radical (unpaired) electrons. The Morgan fingerprint density at radius 1 is 0.567 bits per heavy atom. The third kappa shape index (κ3) is 22.0. The van der Waals surface area contributed by atoms with Gasteiger partial charge in [0, 0.05) is 6.42 Å². The molecule has 20 nitrogen and oxygen atoms in total. The smallest absolute Gasteiger partial charge is 0.245 e. The molecule has 1 aromatic rings. The number of hydrogen-bond acceptors (Lipinski definition) is 12. The molecule has 1 aliphatic rings. The Balaban J connectivity index is 2.30. The zero-order valence-corrected chi connectivity index (χ0v) is 40.5. The quantitative estimate of drug-likeness (QED) is 0.0397. The van der Waals surface area contributed by atoms with Crippen LogP contribution >= 0.6 is 0 Å². The summed E-state index contributed by atoms with van der Waals surface area (Å²) < 4.78 is 0. The van der Waals surface area contributed by atoms with Gasteiger partial charge in [-0.1, -0.05) is 71.9 Å². The average Bonchev–Trinajstić information content (AvgIpc) is 3.82. The number of nitrogens with one attached hydrogen (secondary N) is 8. The van der Waals surface area contributed by atoms with Crippen LogP contribution in [0.5, 0.6) is 0 Å². The number of aliphatic hydroxyl groups excluding tert-OH is 1. The highest BCUT2D eigenvalue weighted by Gasteiger charge is 2.35. The lowest BCUT2D eigenvalue weighted by Crippen LogP contribution is -2.61. The molecule has 1 aromatic carbocycles. The van der Waals surface area contributed by atoms with Gasteiger partial charge in [-0.25, -0.2) is 0 Å². The Morgan fingerprint density at radius 2 is 0.970 bits per heavy atom. The molecule has 2 rings (SSSR count). The molecule has 8 atom stereocenters. The summed E-state index contributed by atoms with van der Waals surface area (Å²) in [5.41, 5.74) is 17.8. The van der Waals surface area contributed by atoms with Gasteiger partial charge in [0.05, 0.1) is 12.6 Å². The summed E-state index contributed by atoms with van der Waals surface area (Å²) >= 11 is 0. The normalized spacial score (nSPS) is 16.7. The summed E-state index contributed by atoms with van der Waals surface area (Å²) in [4.78, 5) is 108. The highest BCUT2D eigenvalue weighted by molar-refractivity contribution is 5.97. The van der Waals surface area contributed by atoms with Gasteiger partial charge in [-0.15, -0.1) is 0 Å². The number of hydrogen-bond donors (Lipinski definition) is 12. The van der Waals surface area contributed by atoms with Gasteiger partial charge in [-0.2, -0.15) is 0 Å². The summed E-state index contributed by atoms with van der Waals surface area (Å²) in [5, 5.41) is 32.4. The molecule has 1 heterocycles. The van der Waals surface area contributed by atoms with E-state index >= 15 is 0 Å². The maximum absolute atomic E-state index is 14.1. The van der Waals surface area contributed by atoms with Crippen molar-refractivity contribution in [1.29, 1.82) is 0 Å². The van der Waals surface area contributed by atoms with E-state index in [2.05, 4.69) is 42.5 Å². The second kappa shape index (κ2) is 31.0. The van der Waals surface area contributed by atoms with Crippen molar-refractivity contribution in [1.82, 2.24) is 42.5 Å². The van der Waals surface area contributed by atoms with Gasteiger partial charge >= 0.3 is 0 Å². The van der Waals surface area contributed by atoms with Gasteiger partial charge in [0.25, 0.3) is 0 Å². The van der Waals surface area contributed by atoms with E-state index in [4.69, 9.17) is 17.2 Å². The van der Waals surface area contributed by atoms with Crippen molar-refractivity contribution in [2.45, 2.75) is 167 Å². The highest BCUT2D eigenvalue weighted by atomic mass is 16.3. The summed E-state index contributed by atoms with van der Waals surface area (Å²) in [7, 11) is 0. The average molecular weight is 944 g/mol. The fourth-order valence-electron chi connectivity index (χ4n) is 7.71. The van der Waals surface area contributed by atoms with Crippen molar-refractivity contribution in [3.63, 3.8) is 0 Å². The van der Waals surface area contributed by atoms with Gasteiger partial charge in [-0.05, 0) is 114 Å². The van der Waals surface area contributed by atoms with Crippen LogP contribution in [0.2, 0.25) is 0 Å².